The number of guanidine groups is 1. The van der Waals surface area contributed by atoms with Crippen molar-refractivity contribution in [2.24, 2.45) is 4.99 Å². The van der Waals surface area contributed by atoms with E-state index in [0.29, 0.717) is 11.3 Å². The van der Waals surface area contributed by atoms with Crippen molar-refractivity contribution >= 4 is 52.5 Å². The highest BCUT2D eigenvalue weighted by Gasteiger charge is 2.25. The van der Waals surface area contributed by atoms with Crippen LogP contribution in [0.5, 0.6) is 0 Å². The summed E-state index contributed by atoms with van der Waals surface area (Å²) in [6.45, 7) is 5.86. The van der Waals surface area contributed by atoms with Gasteiger partial charge in [0.15, 0.2) is 5.96 Å². The van der Waals surface area contributed by atoms with Gasteiger partial charge < -0.3 is 10.6 Å². The van der Waals surface area contributed by atoms with E-state index in [2.05, 4.69) is 28.8 Å². The Morgan fingerprint density at radius 3 is 2.77 bits per heavy atom. The molecule has 3 atom stereocenters. The standard InChI is InChI=1S/C15H31N3OS2.HI/c1-4-16-15(17-10-7-11-20-3)18-13-8-6-9-14(12-13)21(19)5-2;/h13-14H,4-12H2,1-3H3,(H2,16,17,18);1H. The minimum Gasteiger partial charge on any atom is -0.357 e. The zero-order valence-electron chi connectivity index (χ0n) is 14.1. The van der Waals surface area contributed by atoms with E-state index < -0.39 is 10.8 Å². The molecule has 0 radical (unpaired) electrons. The Kier molecular flexibility index (Phi) is 14.2. The monoisotopic (exact) mass is 461 g/mol. The summed E-state index contributed by atoms with van der Waals surface area (Å²) in [6, 6.07) is 0.414. The third-order valence-corrected chi connectivity index (χ3v) is 6.18. The molecule has 2 N–H and O–H groups in total. The lowest BCUT2D eigenvalue weighted by Gasteiger charge is -2.30. The molecular weight excluding hydrogens is 429 g/mol. The molecule has 1 aliphatic rings. The Bertz CT molecular complexity index is 343. The van der Waals surface area contributed by atoms with Crippen LogP contribution in [0.4, 0.5) is 0 Å². The van der Waals surface area contributed by atoms with Crippen LogP contribution in [0, 0.1) is 0 Å². The van der Waals surface area contributed by atoms with Crippen molar-refractivity contribution in [3.05, 3.63) is 0 Å². The largest absolute Gasteiger partial charge is 0.357 e. The van der Waals surface area contributed by atoms with Crippen molar-refractivity contribution in [3.8, 4) is 0 Å². The molecule has 3 unspecified atom stereocenters. The number of nitrogens with one attached hydrogen (secondary N) is 2. The van der Waals surface area contributed by atoms with E-state index in [1.54, 1.807) is 0 Å². The molecule has 132 valence electrons. The van der Waals surface area contributed by atoms with Crippen molar-refractivity contribution in [3.63, 3.8) is 0 Å². The van der Waals surface area contributed by atoms with E-state index >= 15 is 0 Å². The second-order valence-electron chi connectivity index (χ2n) is 5.41. The topological polar surface area (TPSA) is 53.5 Å². The molecule has 0 aliphatic heterocycles. The first kappa shape index (κ1) is 22.5. The van der Waals surface area contributed by atoms with Gasteiger partial charge in [0.1, 0.15) is 0 Å². The first-order valence-electron chi connectivity index (χ1n) is 8.12. The van der Waals surface area contributed by atoms with Gasteiger partial charge in [-0.05, 0) is 44.6 Å². The highest BCUT2D eigenvalue weighted by Crippen LogP contribution is 2.22. The molecule has 7 heteroatoms. The number of thioether (sulfide) groups is 1. The molecule has 0 aromatic heterocycles. The van der Waals surface area contributed by atoms with E-state index in [1.165, 1.54) is 6.42 Å². The van der Waals surface area contributed by atoms with Crippen molar-refractivity contribution in [1.29, 1.82) is 0 Å². The Morgan fingerprint density at radius 2 is 2.14 bits per heavy atom. The molecule has 1 saturated carbocycles. The number of halogens is 1. The maximum Gasteiger partial charge on any atom is 0.191 e. The lowest BCUT2D eigenvalue weighted by Crippen LogP contribution is -2.46. The van der Waals surface area contributed by atoms with Gasteiger partial charge in [0, 0.05) is 40.9 Å². The normalized spacial score (nSPS) is 23.5. The first-order valence-corrected chi connectivity index (χ1v) is 10.9. The van der Waals surface area contributed by atoms with Gasteiger partial charge in [0.25, 0.3) is 0 Å². The fraction of sp³-hybridized carbons (Fsp3) is 0.933. The molecule has 0 heterocycles. The van der Waals surface area contributed by atoms with Gasteiger partial charge in [-0.25, -0.2) is 0 Å². The van der Waals surface area contributed by atoms with Gasteiger partial charge in [-0.1, -0.05) is 13.3 Å². The van der Waals surface area contributed by atoms with Gasteiger partial charge in [-0.2, -0.15) is 11.8 Å². The summed E-state index contributed by atoms with van der Waals surface area (Å²) in [5.74, 6) is 2.86. The summed E-state index contributed by atoms with van der Waals surface area (Å²) in [7, 11) is -0.664. The van der Waals surface area contributed by atoms with Crippen molar-refractivity contribution in [2.45, 2.75) is 57.2 Å². The van der Waals surface area contributed by atoms with E-state index in [4.69, 9.17) is 0 Å². The lowest BCUT2D eigenvalue weighted by molar-refractivity contribution is 0.413. The zero-order chi connectivity index (χ0) is 15.5. The molecule has 1 fully saturated rings. The average Bonchev–Trinajstić information content (AvgIpc) is 2.51. The molecule has 0 aromatic carbocycles. The van der Waals surface area contributed by atoms with Crippen LogP contribution in [0.15, 0.2) is 4.99 Å². The molecule has 0 aromatic rings. The molecule has 4 nitrogen and oxygen atoms in total. The van der Waals surface area contributed by atoms with Gasteiger partial charge >= 0.3 is 0 Å². The van der Waals surface area contributed by atoms with Crippen molar-refractivity contribution < 1.29 is 4.21 Å². The van der Waals surface area contributed by atoms with E-state index in [9.17, 15) is 4.21 Å². The van der Waals surface area contributed by atoms with Crippen LogP contribution in [0.2, 0.25) is 0 Å². The molecule has 1 rings (SSSR count). The Morgan fingerprint density at radius 1 is 1.36 bits per heavy atom. The number of hydrogen-bond donors (Lipinski definition) is 2. The third-order valence-electron chi connectivity index (χ3n) is 3.74. The highest BCUT2D eigenvalue weighted by atomic mass is 127. The van der Waals surface area contributed by atoms with Gasteiger partial charge in [0.05, 0.1) is 0 Å². The minimum absolute atomic E-state index is 0. The molecule has 22 heavy (non-hydrogen) atoms. The van der Waals surface area contributed by atoms with Crippen LogP contribution < -0.4 is 10.6 Å². The molecule has 0 spiro atoms. The maximum absolute atomic E-state index is 12.0. The van der Waals surface area contributed by atoms with Gasteiger partial charge in [-0.3, -0.25) is 9.20 Å². The molecular formula is C15H32IN3OS2. The van der Waals surface area contributed by atoms with E-state index in [-0.39, 0.29) is 24.0 Å². The summed E-state index contributed by atoms with van der Waals surface area (Å²) in [5, 5.41) is 7.22. The van der Waals surface area contributed by atoms with Crippen molar-refractivity contribution in [1.82, 2.24) is 10.6 Å². The summed E-state index contributed by atoms with van der Waals surface area (Å²) < 4.78 is 12.0. The van der Waals surface area contributed by atoms with Crippen molar-refractivity contribution in [2.75, 3.05) is 30.9 Å². The summed E-state index contributed by atoms with van der Waals surface area (Å²) in [5.41, 5.74) is 0. The Balaban J connectivity index is 0.00000441. The molecule has 0 bridgehead atoms. The predicted molar refractivity (Wildman–Crippen MR) is 112 cm³/mol. The summed E-state index contributed by atoms with van der Waals surface area (Å²) >= 11 is 1.86. The third kappa shape index (κ3) is 8.96. The van der Waals surface area contributed by atoms with Gasteiger partial charge in [-0.15, -0.1) is 24.0 Å². The average molecular weight is 461 g/mol. The van der Waals surface area contributed by atoms with Crippen LogP contribution in [-0.2, 0) is 10.8 Å². The SMILES string of the molecule is CCNC(=NCCCSC)NC1CCCC(S(=O)CC)C1.I. The number of nitrogens with zero attached hydrogens (tertiary/aromatic N) is 1. The summed E-state index contributed by atoms with van der Waals surface area (Å²) in [6.07, 6.45) is 7.69. The fourth-order valence-corrected chi connectivity index (χ4v) is 4.43. The van der Waals surface area contributed by atoms with Crippen LogP contribution in [0.25, 0.3) is 0 Å². The molecule has 0 amide bonds. The summed E-state index contributed by atoms with van der Waals surface area (Å²) in [4.78, 5) is 4.64. The highest BCUT2D eigenvalue weighted by molar-refractivity contribution is 14.0. The smallest absolute Gasteiger partial charge is 0.191 e. The fourth-order valence-electron chi connectivity index (χ4n) is 2.66. The van der Waals surface area contributed by atoms with E-state index in [0.717, 1.165) is 56.2 Å². The Labute approximate surface area is 159 Å². The number of rotatable bonds is 8. The van der Waals surface area contributed by atoms with Crippen LogP contribution in [-0.4, -0.2) is 52.3 Å². The van der Waals surface area contributed by atoms with Crippen LogP contribution >= 0.6 is 35.7 Å². The van der Waals surface area contributed by atoms with E-state index in [1.807, 2.05) is 18.7 Å². The molecule has 1 aliphatic carbocycles. The second-order valence-corrected chi connectivity index (χ2v) is 8.40. The lowest BCUT2D eigenvalue weighted by atomic mass is 9.95. The van der Waals surface area contributed by atoms with Gasteiger partial charge in [0.2, 0.25) is 0 Å². The second kappa shape index (κ2) is 13.9. The van der Waals surface area contributed by atoms with Crippen LogP contribution in [0.3, 0.4) is 0 Å². The predicted octanol–water partition coefficient (Wildman–Crippen LogP) is 2.99. The minimum atomic E-state index is -0.664. The number of aliphatic imine (C=N–C) groups is 1. The number of hydrogen-bond acceptors (Lipinski definition) is 3. The first-order chi connectivity index (χ1) is 10.2. The Hall–Kier alpha value is 0.500. The molecule has 0 saturated heterocycles. The van der Waals surface area contributed by atoms with Crippen LogP contribution in [0.1, 0.15) is 46.0 Å². The maximum atomic E-state index is 12.0. The zero-order valence-corrected chi connectivity index (χ0v) is 18.1. The quantitative estimate of drug-likeness (QED) is 0.253.